The van der Waals surface area contributed by atoms with Gasteiger partial charge in [-0.25, -0.2) is 9.97 Å². The van der Waals surface area contributed by atoms with Crippen LogP contribution in [-0.4, -0.2) is 19.6 Å². The fourth-order valence-corrected chi connectivity index (χ4v) is 1.50. The maximum Gasteiger partial charge on any atom is 0.159 e. The number of nitrogens with zero attached hydrogens (tertiary/aromatic N) is 4. The quantitative estimate of drug-likeness (QED) is 0.713. The number of aryl methyl sites for hydroxylation is 1. The van der Waals surface area contributed by atoms with E-state index in [-0.39, 0.29) is 5.41 Å². The highest BCUT2D eigenvalue weighted by Crippen LogP contribution is 2.21. The van der Waals surface area contributed by atoms with Gasteiger partial charge in [-0.15, -0.1) is 0 Å². The number of aromatic nitrogens is 4. The molecule has 2 aromatic rings. The molecule has 0 bridgehead atoms. The standard InChI is InChI=1S/C11H16N4/c1-5-9-14-8(11(2,3)4)6-10-12-7-13-15(9)10/h6-7H,5H2,1-4H3. The van der Waals surface area contributed by atoms with Gasteiger partial charge in [0.15, 0.2) is 5.65 Å². The van der Waals surface area contributed by atoms with Crippen molar-refractivity contribution >= 4 is 5.65 Å². The van der Waals surface area contributed by atoms with Crippen LogP contribution in [0.15, 0.2) is 12.4 Å². The largest absolute Gasteiger partial charge is 0.237 e. The van der Waals surface area contributed by atoms with E-state index in [9.17, 15) is 0 Å². The predicted molar refractivity (Wildman–Crippen MR) is 58.9 cm³/mol. The Kier molecular flexibility index (Phi) is 2.21. The molecule has 0 saturated carbocycles. The molecule has 0 spiro atoms. The topological polar surface area (TPSA) is 43.1 Å². The van der Waals surface area contributed by atoms with Crippen LogP contribution in [0, 0.1) is 0 Å². The summed E-state index contributed by atoms with van der Waals surface area (Å²) in [5.74, 6) is 0.968. The zero-order valence-corrected chi connectivity index (χ0v) is 9.65. The first-order valence-corrected chi connectivity index (χ1v) is 5.22. The normalized spacial score (nSPS) is 12.3. The summed E-state index contributed by atoms with van der Waals surface area (Å²) >= 11 is 0. The Morgan fingerprint density at radius 2 is 2.07 bits per heavy atom. The van der Waals surface area contributed by atoms with Gasteiger partial charge in [0.1, 0.15) is 12.2 Å². The monoisotopic (exact) mass is 204 g/mol. The maximum atomic E-state index is 4.62. The van der Waals surface area contributed by atoms with Crippen molar-refractivity contribution in [3.63, 3.8) is 0 Å². The van der Waals surface area contributed by atoms with Crippen LogP contribution in [0.1, 0.15) is 39.2 Å². The van der Waals surface area contributed by atoms with Gasteiger partial charge >= 0.3 is 0 Å². The molecule has 0 aliphatic carbocycles. The van der Waals surface area contributed by atoms with Gasteiger partial charge in [-0.05, 0) is 0 Å². The second-order valence-corrected chi connectivity index (χ2v) is 4.69. The first-order valence-electron chi connectivity index (χ1n) is 5.22. The Bertz CT molecular complexity index is 479. The van der Waals surface area contributed by atoms with Crippen LogP contribution in [0.25, 0.3) is 5.65 Å². The SMILES string of the molecule is CCc1nc(C(C)(C)C)cc2ncnn12. The fourth-order valence-electron chi connectivity index (χ4n) is 1.50. The van der Waals surface area contributed by atoms with Gasteiger partial charge in [-0.3, -0.25) is 0 Å². The Balaban J connectivity index is 2.69. The molecule has 0 radical (unpaired) electrons. The van der Waals surface area contributed by atoms with Gasteiger partial charge in [-0.1, -0.05) is 27.7 Å². The molecule has 0 N–H and O–H groups in total. The van der Waals surface area contributed by atoms with Crippen molar-refractivity contribution in [3.05, 3.63) is 23.9 Å². The average Bonchev–Trinajstić information content (AvgIpc) is 2.62. The van der Waals surface area contributed by atoms with Crippen molar-refractivity contribution in [1.29, 1.82) is 0 Å². The third-order valence-electron chi connectivity index (χ3n) is 2.42. The molecule has 0 aromatic carbocycles. The summed E-state index contributed by atoms with van der Waals surface area (Å²) in [5, 5.41) is 4.16. The molecule has 2 heterocycles. The zero-order chi connectivity index (χ0) is 11.1. The van der Waals surface area contributed by atoms with Gasteiger partial charge in [0, 0.05) is 17.9 Å². The van der Waals surface area contributed by atoms with Gasteiger partial charge < -0.3 is 0 Å². The molecular weight excluding hydrogens is 188 g/mol. The lowest BCUT2D eigenvalue weighted by Gasteiger charge is -2.18. The molecule has 2 rings (SSSR count). The lowest BCUT2D eigenvalue weighted by Crippen LogP contribution is -2.16. The maximum absolute atomic E-state index is 4.62. The van der Waals surface area contributed by atoms with E-state index < -0.39 is 0 Å². The predicted octanol–water partition coefficient (Wildman–Crippen LogP) is 1.98. The minimum absolute atomic E-state index is 0.0532. The minimum atomic E-state index is 0.0532. The Morgan fingerprint density at radius 1 is 1.33 bits per heavy atom. The molecule has 15 heavy (non-hydrogen) atoms. The van der Waals surface area contributed by atoms with Crippen molar-refractivity contribution in [2.75, 3.05) is 0 Å². The van der Waals surface area contributed by atoms with Crippen molar-refractivity contribution in [1.82, 2.24) is 19.6 Å². The van der Waals surface area contributed by atoms with Crippen molar-refractivity contribution < 1.29 is 0 Å². The zero-order valence-electron chi connectivity index (χ0n) is 9.65. The summed E-state index contributed by atoms with van der Waals surface area (Å²) in [7, 11) is 0. The first-order chi connectivity index (χ1) is 7.02. The molecule has 4 nitrogen and oxygen atoms in total. The summed E-state index contributed by atoms with van der Waals surface area (Å²) in [6.07, 6.45) is 2.44. The fraction of sp³-hybridized carbons (Fsp3) is 0.545. The third kappa shape index (κ3) is 1.71. The molecule has 0 fully saturated rings. The van der Waals surface area contributed by atoms with Crippen molar-refractivity contribution in [3.8, 4) is 0 Å². The van der Waals surface area contributed by atoms with E-state index in [0.29, 0.717) is 0 Å². The van der Waals surface area contributed by atoms with Gasteiger partial charge in [0.05, 0.1) is 5.69 Å². The molecule has 0 atom stereocenters. The number of hydrogen-bond acceptors (Lipinski definition) is 3. The van der Waals surface area contributed by atoms with E-state index in [4.69, 9.17) is 0 Å². The molecule has 0 amide bonds. The molecule has 0 aliphatic heterocycles. The second-order valence-electron chi connectivity index (χ2n) is 4.69. The van der Waals surface area contributed by atoms with Crippen molar-refractivity contribution in [2.24, 2.45) is 0 Å². The number of hydrogen-bond donors (Lipinski definition) is 0. The van der Waals surface area contributed by atoms with Crippen LogP contribution in [0.4, 0.5) is 0 Å². The molecule has 2 aromatic heterocycles. The van der Waals surface area contributed by atoms with Gasteiger partial charge in [-0.2, -0.15) is 9.61 Å². The lowest BCUT2D eigenvalue weighted by atomic mass is 9.92. The van der Waals surface area contributed by atoms with Gasteiger partial charge in [0.2, 0.25) is 0 Å². The first kappa shape index (κ1) is 10.1. The van der Waals surface area contributed by atoms with Crippen LogP contribution >= 0.6 is 0 Å². The minimum Gasteiger partial charge on any atom is -0.237 e. The van der Waals surface area contributed by atoms with E-state index in [1.165, 1.54) is 0 Å². The van der Waals surface area contributed by atoms with E-state index in [1.807, 2.05) is 6.07 Å². The molecule has 0 unspecified atom stereocenters. The molecule has 4 heteroatoms. The molecular formula is C11H16N4. The van der Waals surface area contributed by atoms with Crippen LogP contribution in [-0.2, 0) is 11.8 Å². The van der Waals surface area contributed by atoms with Gasteiger partial charge in [0.25, 0.3) is 0 Å². The Hall–Kier alpha value is -1.45. The van der Waals surface area contributed by atoms with Crippen molar-refractivity contribution in [2.45, 2.75) is 39.5 Å². The van der Waals surface area contributed by atoms with Crippen LogP contribution in [0.5, 0.6) is 0 Å². The Labute approximate surface area is 89.4 Å². The highest BCUT2D eigenvalue weighted by molar-refractivity contribution is 5.40. The van der Waals surface area contributed by atoms with E-state index >= 15 is 0 Å². The van der Waals surface area contributed by atoms with E-state index in [1.54, 1.807) is 10.8 Å². The van der Waals surface area contributed by atoms with Crippen LogP contribution < -0.4 is 0 Å². The molecule has 0 saturated heterocycles. The summed E-state index contributed by atoms with van der Waals surface area (Å²) < 4.78 is 1.80. The summed E-state index contributed by atoms with van der Waals surface area (Å²) in [5.41, 5.74) is 2.00. The van der Waals surface area contributed by atoms with E-state index in [2.05, 4.69) is 42.8 Å². The van der Waals surface area contributed by atoms with Crippen LogP contribution in [0.2, 0.25) is 0 Å². The summed E-state index contributed by atoms with van der Waals surface area (Å²) in [4.78, 5) is 8.84. The number of fused-ring (bicyclic) bond motifs is 1. The smallest absolute Gasteiger partial charge is 0.159 e. The highest BCUT2D eigenvalue weighted by atomic mass is 15.3. The lowest BCUT2D eigenvalue weighted by molar-refractivity contribution is 0.560. The van der Waals surface area contributed by atoms with E-state index in [0.717, 1.165) is 23.6 Å². The Morgan fingerprint density at radius 3 is 2.67 bits per heavy atom. The molecule has 0 aliphatic rings. The number of rotatable bonds is 1. The summed E-state index contributed by atoms with van der Waals surface area (Å²) in [6, 6.07) is 2.01. The van der Waals surface area contributed by atoms with Crippen LogP contribution in [0.3, 0.4) is 0 Å². The average molecular weight is 204 g/mol. The summed E-state index contributed by atoms with van der Waals surface area (Å²) in [6.45, 7) is 8.54. The third-order valence-corrected chi connectivity index (χ3v) is 2.42. The molecule has 80 valence electrons. The second kappa shape index (κ2) is 3.29. The highest BCUT2D eigenvalue weighted by Gasteiger charge is 2.18.